The van der Waals surface area contributed by atoms with Crippen LogP contribution in [-0.2, 0) is 11.3 Å². The molecule has 0 saturated carbocycles. The monoisotopic (exact) mass is 346 g/mol. The molecule has 0 atom stereocenters. The summed E-state index contributed by atoms with van der Waals surface area (Å²) in [5.41, 5.74) is 1.60. The lowest BCUT2D eigenvalue weighted by atomic mass is 10.0. The van der Waals surface area contributed by atoms with E-state index in [0.29, 0.717) is 6.54 Å². The first-order valence-electron chi connectivity index (χ1n) is 9.41. The van der Waals surface area contributed by atoms with Gasteiger partial charge in [0.1, 0.15) is 11.4 Å². The molecule has 1 saturated heterocycles. The highest BCUT2D eigenvalue weighted by Gasteiger charge is 2.32. The van der Waals surface area contributed by atoms with Gasteiger partial charge in [0.2, 0.25) is 0 Å². The Morgan fingerprint density at radius 1 is 1.16 bits per heavy atom. The number of likely N-dealkylation sites (tertiary alicyclic amines) is 1. The van der Waals surface area contributed by atoms with Gasteiger partial charge in [-0.05, 0) is 76.9 Å². The van der Waals surface area contributed by atoms with Gasteiger partial charge in [0, 0.05) is 6.54 Å². The Kier molecular flexibility index (Phi) is 5.52. The Bertz CT molecular complexity index is 603. The number of hydrogen-bond acceptors (Lipinski definition) is 4. The molecule has 1 aromatic rings. The minimum Gasteiger partial charge on any atom is -0.494 e. The fourth-order valence-corrected chi connectivity index (χ4v) is 3.35. The Morgan fingerprint density at radius 3 is 2.60 bits per heavy atom. The SMILES string of the molecule is CC(C)(C)OC(=O)N1Cc2cc(OCCCN3CCCCC3)ccc21. The van der Waals surface area contributed by atoms with E-state index in [1.165, 1.54) is 32.4 Å². The topological polar surface area (TPSA) is 42.0 Å². The molecule has 5 nitrogen and oxygen atoms in total. The maximum absolute atomic E-state index is 12.1. The van der Waals surface area contributed by atoms with Gasteiger partial charge in [0.15, 0.2) is 0 Å². The van der Waals surface area contributed by atoms with E-state index in [2.05, 4.69) is 4.90 Å². The zero-order chi connectivity index (χ0) is 17.9. The summed E-state index contributed by atoms with van der Waals surface area (Å²) < 4.78 is 11.3. The van der Waals surface area contributed by atoms with Crippen molar-refractivity contribution < 1.29 is 14.3 Å². The largest absolute Gasteiger partial charge is 0.494 e. The second-order valence-electron chi connectivity index (χ2n) is 7.96. The van der Waals surface area contributed by atoms with Gasteiger partial charge in [-0.25, -0.2) is 4.79 Å². The molecule has 0 unspecified atom stereocenters. The molecule has 2 aliphatic heterocycles. The first-order chi connectivity index (χ1) is 11.9. The molecule has 1 fully saturated rings. The van der Waals surface area contributed by atoms with Crippen LogP contribution >= 0.6 is 0 Å². The summed E-state index contributed by atoms with van der Waals surface area (Å²) in [5, 5.41) is 0. The fraction of sp³-hybridized carbons (Fsp3) is 0.650. The summed E-state index contributed by atoms with van der Waals surface area (Å²) in [6.07, 6.45) is 4.82. The van der Waals surface area contributed by atoms with Crippen molar-refractivity contribution in [1.82, 2.24) is 4.90 Å². The first-order valence-corrected chi connectivity index (χ1v) is 9.41. The zero-order valence-electron chi connectivity index (χ0n) is 15.7. The number of carbonyl (C=O) groups is 1. The molecule has 25 heavy (non-hydrogen) atoms. The van der Waals surface area contributed by atoms with Crippen molar-refractivity contribution >= 4 is 11.8 Å². The highest BCUT2D eigenvalue weighted by molar-refractivity contribution is 5.93. The summed E-state index contributed by atoms with van der Waals surface area (Å²) in [6.45, 7) is 10.6. The highest BCUT2D eigenvalue weighted by atomic mass is 16.6. The summed E-state index contributed by atoms with van der Waals surface area (Å²) in [4.78, 5) is 16.3. The van der Waals surface area contributed by atoms with Crippen LogP contribution in [0.25, 0.3) is 0 Å². The Morgan fingerprint density at radius 2 is 1.92 bits per heavy atom. The van der Waals surface area contributed by atoms with Crippen molar-refractivity contribution in [2.45, 2.75) is 58.6 Å². The molecule has 3 rings (SSSR count). The highest BCUT2D eigenvalue weighted by Crippen LogP contribution is 2.36. The number of carbonyl (C=O) groups excluding carboxylic acids is 1. The van der Waals surface area contributed by atoms with Gasteiger partial charge in [-0.1, -0.05) is 6.42 Å². The molecular formula is C20H30N2O3. The summed E-state index contributed by atoms with van der Waals surface area (Å²) in [5.74, 6) is 0.890. The second-order valence-corrected chi connectivity index (χ2v) is 7.96. The number of piperidine rings is 1. The lowest BCUT2D eigenvalue weighted by molar-refractivity contribution is 0.0569. The standard InChI is InChI=1S/C20H30N2O3/c1-20(2,3)25-19(23)22-15-16-14-17(8-9-18(16)22)24-13-7-12-21-10-5-4-6-11-21/h8-9,14H,4-7,10-13,15H2,1-3H3. The molecule has 2 heterocycles. The van der Waals surface area contributed by atoms with E-state index in [1.807, 2.05) is 39.0 Å². The van der Waals surface area contributed by atoms with Gasteiger partial charge >= 0.3 is 6.09 Å². The van der Waals surface area contributed by atoms with Crippen molar-refractivity contribution in [3.63, 3.8) is 0 Å². The van der Waals surface area contributed by atoms with E-state index in [1.54, 1.807) is 4.90 Å². The van der Waals surface area contributed by atoms with E-state index in [4.69, 9.17) is 9.47 Å². The van der Waals surface area contributed by atoms with Crippen LogP contribution < -0.4 is 9.64 Å². The molecule has 0 bridgehead atoms. The molecular weight excluding hydrogens is 316 g/mol. The van der Waals surface area contributed by atoms with E-state index >= 15 is 0 Å². The number of nitrogens with zero attached hydrogens (tertiary/aromatic N) is 2. The number of amides is 1. The second kappa shape index (κ2) is 7.65. The van der Waals surface area contributed by atoms with Crippen LogP contribution in [0.5, 0.6) is 5.75 Å². The molecule has 138 valence electrons. The fourth-order valence-electron chi connectivity index (χ4n) is 3.35. The van der Waals surface area contributed by atoms with Gasteiger partial charge in [0.25, 0.3) is 0 Å². The molecule has 0 N–H and O–H groups in total. The lowest BCUT2D eigenvalue weighted by Gasteiger charge is -2.35. The summed E-state index contributed by atoms with van der Waals surface area (Å²) in [7, 11) is 0. The van der Waals surface area contributed by atoms with Gasteiger partial charge in [0.05, 0.1) is 18.8 Å². The number of benzene rings is 1. The zero-order valence-corrected chi connectivity index (χ0v) is 15.7. The average Bonchev–Trinajstić information content (AvgIpc) is 2.53. The van der Waals surface area contributed by atoms with Crippen LogP contribution in [0.1, 0.15) is 52.0 Å². The van der Waals surface area contributed by atoms with E-state index < -0.39 is 5.60 Å². The van der Waals surface area contributed by atoms with Crippen LogP contribution in [0.2, 0.25) is 0 Å². The summed E-state index contributed by atoms with van der Waals surface area (Å²) >= 11 is 0. The van der Waals surface area contributed by atoms with Crippen LogP contribution in [0.3, 0.4) is 0 Å². The molecule has 5 heteroatoms. The van der Waals surface area contributed by atoms with Gasteiger partial charge in [-0.15, -0.1) is 0 Å². The molecule has 0 radical (unpaired) electrons. The van der Waals surface area contributed by atoms with Crippen LogP contribution in [0.15, 0.2) is 18.2 Å². The third-order valence-corrected chi connectivity index (χ3v) is 4.62. The van der Waals surface area contributed by atoms with Gasteiger partial charge in [-0.2, -0.15) is 0 Å². The van der Waals surface area contributed by atoms with Crippen molar-refractivity contribution in [3.8, 4) is 5.75 Å². The lowest BCUT2D eigenvalue weighted by Crippen LogP contribution is -2.41. The minimum atomic E-state index is -0.468. The summed E-state index contributed by atoms with van der Waals surface area (Å²) in [6, 6.07) is 5.93. The maximum Gasteiger partial charge on any atom is 0.415 e. The van der Waals surface area contributed by atoms with Crippen molar-refractivity contribution in [3.05, 3.63) is 23.8 Å². The third kappa shape index (κ3) is 4.88. The Hall–Kier alpha value is -1.75. The van der Waals surface area contributed by atoms with Crippen LogP contribution in [0, 0.1) is 0 Å². The number of fused-ring (bicyclic) bond motifs is 1. The van der Waals surface area contributed by atoms with Crippen LogP contribution in [0.4, 0.5) is 10.5 Å². The third-order valence-electron chi connectivity index (χ3n) is 4.62. The molecule has 0 aliphatic carbocycles. The number of hydrogen-bond donors (Lipinski definition) is 0. The number of anilines is 1. The van der Waals surface area contributed by atoms with E-state index in [-0.39, 0.29) is 6.09 Å². The maximum atomic E-state index is 12.1. The molecule has 1 aromatic carbocycles. The van der Waals surface area contributed by atoms with E-state index in [9.17, 15) is 4.79 Å². The Balaban J connectivity index is 1.43. The minimum absolute atomic E-state index is 0.282. The smallest absolute Gasteiger partial charge is 0.415 e. The van der Waals surface area contributed by atoms with Crippen molar-refractivity contribution in [2.75, 3.05) is 31.1 Å². The molecule has 2 aliphatic rings. The van der Waals surface area contributed by atoms with E-state index in [0.717, 1.165) is 36.6 Å². The number of rotatable bonds is 5. The normalized spacial score (nSPS) is 17.6. The van der Waals surface area contributed by atoms with Crippen molar-refractivity contribution in [2.24, 2.45) is 0 Å². The Labute approximate surface area is 150 Å². The quantitative estimate of drug-likeness (QED) is 0.750. The predicted molar refractivity (Wildman–Crippen MR) is 99.3 cm³/mol. The van der Waals surface area contributed by atoms with Gasteiger partial charge in [-0.3, -0.25) is 4.90 Å². The predicted octanol–water partition coefficient (Wildman–Crippen LogP) is 4.20. The van der Waals surface area contributed by atoms with Gasteiger partial charge < -0.3 is 14.4 Å². The van der Waals surface area contributed by atoms with Crippen LogP contribution in [-0.4, -0.2) is 42.8 Å². The number of ether oxygens (including phenoxy) is 2. The molecule has 0 spiro atoms. The molecule has 0 aromatic heterocycles. The average molecular weight is 346 g/mol. The van der Waals surface area contributed by atoms with Crippen molar-refractivity contribution in [1.29, 1.82) is 0 Å². The first kappa shape index (κ1) is 18.1. The molecule has 1 amide bonds.